The van der Waals surface area contributed by atoms with Gasteiger partial charge in [0, 0.05) is 13.1 Å². The number of nitrogens with one attached hydrogen (secondary N) is 2. The fraction of sp³-hybridized carbons (Fsp3) is 0.750. The zero-order valence-corrected chi connectivity index (χ0v) is 19.4. The molecule has 0 aliphatic carbocycles. The average Bonchev–Trinajstić information content (AvgIpc) is 3.21. The Labute approximate surface area is 193 Å². The molecule has 1 aliphatic heterocycles. The van der Waals surface area contributed by atoms with Gasteiger partial charge in [-0.2, -0.15) is 0 Å². The fourth-order valence-electron chi connectivity index (χ4n) is 3.57. The average molecular weight is 472 g/mol. The van der Waals surface area contributed by atoms with Crippen LogP contribution in [0.4, 0.5) is 0 Å². The summed E-state index contributed by atoms with van der Waals surface area (Å²) in [5.41, 5.74) is 16.5. The Kier molecular flexibility index (Phi) is 11.0. The summed E-state index contributed by atoms with van der Waals surface area (Å²) < 4.78 is 0. The Morgan fingerprint density at radius 2 is 1.76 bits per heavy atom. The molecule has 5 atom stereocenters. The number of amides is 3. The molecule has 0 aromatic carbocycles. The molecule has 0 radical (unpaired) electrons. The van der Waals surface area contributed by atoms with Crippen molar-refractivity contribution in [3.05, 3.63) is 0 Å². The minimum Gasteiger partial charge on any atom is -0.480 e. The van der Waals surface area contributed by atoms with Gasteiger partial charge in [-0.1, -0.05) is 13.8 Å². The summed E-state index contributed by atoms with van der Waals surface area (Å²) in [6.45, 7) is 5.21. The van der Waals surface area contributed by atoms with Gasteiger partial charge in [0.1, 0.15) is 18.1 Å². The Morgan fingerprint density at radius 1 is 1.12 bits per heavy atom. The second-order valence-corrected chi connectivity index (χ2v) is 8.54. The van der Waals surface area contributed by atoms with E-state index in [1.54, 1.807) is 13.8 Å². The van der Waals surface area contributed by atoms with Gasteiger partial charge in [0.05, 0.1) is 12.1 Å². The lowest BCUT2D eigenvalue weighted by molar-refractivity contribution is -0.145. The second kappa shape index (κ2) is 12.9. The van der Waals surface area contributed by atoms with Gasteiger partial charge >= 0.3 is 5.97 Å². The SMILES string of the molecule is CC(C)C(NC(=O)C(NC(=O)C1CCCN1C(=O)C(N)CCCN=C(N)N)C(C)O)C(=O)O. The van der Waals surface area contributed by atoms with Crippen LogP contribution in [0.2, 0.25) is 0 Å². The van der Waals surface area contributed by atoms with Crippen molar-refractivity contribution in [1.29, 1.82) is 0 Å². The molecule has 1 aliphatic rings. The van der Waals surface area contributed by atoms with E-state index in [0.29, 0.717) is 38.8 Å². The molecule has 5 unspecified atom stereocenters. The Bertz CT molecular complexity index is 738. The molecule has 13 heteroatoms. The van der Waals surface area contributed by atoms with Gasteiger partial charge in [0.2, 0.25) is 17.7 Å². The van der Waals surface area contributed by atoms with Crippen LogP contribution < -0.4 is 27.8 Å². The van der Waals surface area contributed by atoms with Crippen LogP contribution >= 0.6 is 0 Å². The van der Waals surface area contributed by atoms with Crippen molar-refractivity contribution in [3.63, 3.8) is 0 Å². The van der Waals surface area contributed by atoms with Crippen molar-refractivity contribution in [2.75, 3.05) is 13.1 Å². The monoisotopic (exact) mass is 471 g/mol. The highest BCUT2D eigenvalue weighted by Crippen LogP contribution is 2.19. The van der Waals surface area contributed by atoms with Crippen molar-refractivity contribution >= 4 is 29.7 Å². The number of aliphatic imine (C=N–C) groups is 1. The smallest absolute Gasteiger partial charge is 0.326 e. The summed E-state index contributed by atoms with van der Waals surface area (Å²) in [4.78, 5) is 54.8. The summed E-state index contributed by atoms with van der Waals surface area (Å²) in [6.07, 6.45) is 0.463. The molecule has 188 valence electrons. The van der Waals surface area contributed by atoms with Crippen LogP contribution in [0.25, 0.3) is 0 Å². The topological polar surface area (TPSA) is 226 Å². The molecule has 1 fully saturated rings. The van der Waals surface area contributed by atoms with Crippen LogP contribution in [0.15, 0.2) is 4.99 Å². The predicted octanol–water partition coefficient (Wildman–Crippen LogP) is -2.55. The summed E-state index contributed by atoms with van der Waals surface area (Å²) in [5, 5.41) is 24.1. The maximum atomic E-state index is 12.9. The number of likely N-dealkylation sites (tertiary alicyclic amines) is 1. The van der Waals surface area contributed by atoms with Gasteiger partial charge in [-0.15, -0.1) is 0 Å². The number of carbonyl (C=O) groups excluding carboxylic acids is 3. The van der Waals surface area contributed by atoms with Crippen molar-refractivity contribution < 1.29 is 29.4 Å². The molecule has 13 nitrogen and oxygen atoms in total. The number of nitrogens with two attached hydrogens (primary N) is 3. The highest BCUT2D eigenvalue weighted by Gasteiger charge is 2.38. The lowest BCUT2D eigenvalue weighted by Gasteiger charge is -2.29. The highest BCUT2D eigenvalue weighted by atomic mass is 16.4. The first-order valence-corrected chi connectivity index (χ1v) is 11.0. The first-order chi connectivity index (χ1) is 15.4. The maximum Gasteiger partial charge on any atom is 0.326 e. The minimum atomic E-state index is -1.39. The van der Waals surface area contributed by atoms with Gasteiger partial charge < -0.3 is 42.9 Å². The number of aliphatic carboxylic acids is 1. The molecule has 1 rings (SSSR count). The third-order valence-corrected chi connectivity index (χ3v) is 5.42. The third-order valence-electron chi connectivity index (χ3n) is 5.42. The van der Waals surface area contributed by atoms with Crippen LogP contribution in [0.5, 0.6) is 0 Å². The molecule has 1 saturated heterocycles. The molecule has 0 aromatic rings. The van der Waals surface area contributed by atoms with E-state index in [0.717, 1.165) is 0 Å². The summed E-state index contributed by atoms with van der Waals surface area (Å²) in [6, 6.07) is -4.26. The quantitative estimate of drug-likeness (QED) is 0.0901. The maximum absolute atomic E-state index is 12.9. The molecular formula is C20H37N7O6. The van der Waals surface area contributed by atoms with Gasteiger partial charge in [0.15, 0.2) is 5.96 Å². The van der Waals surface area contributed by atoms with E-state index in [1.165, 1.54) is 11.8 Å². The molecular weight excluding hydrogens is 434 g/mol. The molecule has 0 bridgehead atoms. The zero-order valence-electron chi connectivity index (χ0n) is 19.4. The van der Waals surface area contributed by atoms with E-state index in [2.05, 4.69) is 15.6 Å². The Balaban J connectivity index is 2.80. The van der Waals surface area contributed by atoms with Gasteiger partial charge in [-0.3, -0.25) is 19.4 Å². The Morgan fingerprint density at radius 3 is 2.27 bits per heavy atom. The summed E-state index contributed by atoms with van der Waals surface area (Å²) >= 11 is 0. The van der Waals surface area contributed by atoms with Crippen molar-refractivity contribution in [1.82, 2.24) is 15.5 Å². The number of nitrogens with zero attached hydrogens (tertiary/aromatic N) is 2. The minimum absolute atomic E-state index is 0.0500. The molecule has 33 heavy (non-hydrogen) atoms. The molecule has 10 N–H and O–H groups in total. The standard InChI is InChI=1S/C20H37N7O6/c1-10(2)14(19(32)33)25-17(30)15(11(3)28)26-16(29)13-7-5-9-27(13)18(31)12(21)6-4-8-24-20(22)23/h10-15,28H,4-9,21H2,1-3H3,(H,25,30)(H,26,29)(H,32,33)(H4,22,23,24). The molecule has 0 spiro atoms. The van der Waals surface area contributed by atoms with Crippen LogP contribution in [0, 0.1) is 5.92 Å². The second-order valence-electron chi connectivity index (χ2n) is 8.54. The number of guanidine groups is 1. The molecule has 1 heterocycles. The number of carboxylic acids is 1. The third kappa shape index (κ3) is 8.50. The van der Waals surface area contributed by atoms with Gasteiger partial charge in [-0.05, 0) is 38.5 Å². The largest absolute Gasteiger partial charge is 0.480 e. The first kappa shape index (κ1) is 28.1. The number of aliphatic hydroxyl groups excluding tert-OH is 1. The molecule has 0 aromatic heterocycles. The summed E-state index contributed by atoms with van der Waals surface area (Å²) in [5.74, 6) is -3.53. The zero-order chi connectivity index (χ0) is 25.3. The molecule has 3 amide bonds. The van der Waals surface area contributed by atoms with Crippen LogP contribution in [0.3, 0.4) is 0 Å². The highest BCUT2D eigenvalue weighted by molar-refractivity contribution is 5.94. The van der Waals surface area contributed by atoms with Gasteiger partial charge in [0.25, 0.3) is 0 Å². The van der Waals surface area contributed by atoms with E-state index >= 15 is 0 Å². The number of rotatable bonds is 12. The molecule has 0 saturated carbocycles. The van der Waals surface area contributed by atoms with Crippen LogP contribution in [-0.4, -0.2) is 88.1 Å². The van der Waals surface area contributed by atoms with E-state index in [9.17, 15) is 29.4 Å². The number of carboxylic acid groups (broad SMARTS) is 1. The van der Waals surface area contributed by atoms with Crippen LogP contribution in [0.1, 0.15) is 46.5 Å². The normalized spacial score (nSPS) is 19.3. The Hall–Kier alpha value is -2.93. The van der Waals surface area contributed by atoms with E-state index in [4.69, 9.17) is 17.2 Å². The first-order valence-electron chi connectivity index (χ1n) is 11.0. The van der Waals surface area contributed by atoms with Gasteiger partial charge in [-0.25, -0.2) is 4.79 Å². The predicted molar refractivity (Wildman–Crippen MR) is 121 cm³/mol. The lowest BCUT2D eigenvalue weighted by Crippen LogP contribution is -2.60. The lowest BCUT2D eigenvalue weighted by atomic mass is 10.0. The van der Waals surface area contributed by atoms with Crippen molar-refractivity contribution in [3.8, 4) is 0 Å². The van der Waals surface area contributed by atoms with Crippen LogP contribution in [-0.2, 0) is 19.2 Å². The summed E-state index contributed by atoms with van der Waals surface area (Å²) in [7, 11) is 0. The number of hydrogen-bond donors (Lipinski definition) is 7. The van der Waals surface area contributed by atoms with Crippen molar-refractivity contribution in [2.45, 2.75) is 76.7 Å². The number of carbonyl (C=O) groups is 4. The van der Waals surface area contributed by atoms with E-state index in [1.807, 2.05) is 0 Å². The van der Waals surface area contributed by atoms with E-state index in [-0.39, 0.29) is 5.96 Å². The fourth-order valence-corrected chi connectivity index (χ4v) is 3.57. The number of hydrogen-bond acceptors (Lipinski definition) is 7. The van der Waals surface area contributed by atoms with Crippen molar-refractivity contribution in [2.24, 2.45) is 28.1 Å². The number of aliphatic hydroxyl groups is 1. The van der Waals surface area contributed by atoms with E-state index < -0.39 is 59.9 Å².